The molecule has 7 heteroatoms. The van der Waals surface area contributed by atoms with E-state index in [0.29, 0.717) is 37.1 Å². The zero-order valence-corrected chi connectivity index (χ0v) is 22.5. The van der Waals surface area contributed by atoms with Crippen molar-refractivity contribution in [3.8, 4) is 5.75 Å². The van der Waals surface area contributed by atoms with Crippen LogP contribution in [0.1, 0.15) is 60.9 Å². The van der Waals surface area contributed by atoms with Crippen molar-refractivity contribution in [3.05, 3.63) is 65.7 Å². The summed E-state index contributed by atoms with van der Waals surface area (Å²) >= 11 is 0. The summed E-state index contributed by atoms with van der Waals surface area (Å²) in [6.07, 6.45) is 6.87. The molecular weight excluding hydrogens is 476 g/mol. The van der Waals surface area contributed by atoms with E-state index < -0.39 is 0 Å². The number of likely N-dealkylation sites (tertiary alicyclic amines) is 2. The topological polar surface area (TPSA) is 73.9 Å². The molecule has 0 bridgehead atoms. The van der Waals surface area contributed by atoms with Crippen LogP contribution in [0.25, 0.3) is 0 Å². The maximum Gasteiger partial charge on any atom is 0.255 e. The number of rotatable bonds is 3. The van der Waals surface area contributed by atoms with E-state index in [1.54, 1.807) is 6.07 Å². The van der Waals surface area contributed by atoms with Crippen molar-refractivity contribution in [1.29, 1.82) is 0 Å². The molecule has 0 aliphatic carbocycles. The second kappa shape index (κ2) is 12.8. The molecule has 0 radical (unpaired) electrons. The number of fused-ring (bicyclic) bond motifs is 1. The molecule has 3 aliphatic rings. The number of para-hydroxylation sites is 1. The van der Waals surface area contributed by atoms with Gasteiger partial charge < -0.3 is 20.3 Å². The molecule has 204 valence electrons. The Balaban J connectivity index is 1.14. The third-order valence-electron chi connectivity index (χ3n) is 8.70. The molecule has 7 nitrogen and oxygen atoms in total. The van der Waals surface area contributed by atoms with Crippen molar-refractivity contribution in [2.24, 2.45) is 5.41 Å². The second-order valence-corrected chi connectivity index (χ2v) is 11.1. The molecule has 0 unspecified atom stereocenters. The Kier molecular flexibility index (Phi) is 8.97. The van der Waals surface area contributed by atoms with Crippen LogP contribution in [-0.2, 0) is 11.3 Å². The Bertz CT molecular complexity index is 1060. The van der Waals surface area contributed by atoms with Gasteiger partial charge in [0, 0.05) is 19.1 Å². The second-order valence-electron chi connectivity index (χ2n) is 11.1. The molecule has 3 aliphatic heterocycles. The zero-order valence-electron chi connectivity index (χ0n) is 22.5. The average Bonchev–Trinajstić information content (AvgIpc) is 2.96. The normalized spacial score (nSPS) is 22.5. The first-order chi connectivity index (χ1) is 18.6. The standard InChI is InChI=1S/C31H42N4O3/c36-29-27-10-4-5-11-28(27)38-23-18-33-30(37)31(14-6-7-17-32-29)15-21-35(22-16-31)26-12-19-34(20-13-26)24-25-8-2-1-3-9-25/h1-5,8-11,26H,6-7,12-24H2,(H,32,36)(H,33,37). The Morgan fingerprint density at radius 3 is 2.34 bits per heavy atom. The summed E-state index contributed by atoms with van der Waals surface area (Å²) in [4.78, 5) is 31.4. The van der Waals surface area contributed by atoms with Crippen molar-refractivity contribution in [2.45, 2.75) is 57.5 Å². The van der Waals surface area contributed by atoms with E-state index in [0.717, 1.165) is 64.8 Å². The molecule has 2 fully saturated rings. The fourth-order valence-corrected chi connectivity index (χ4v) is 6.37. The molecule has 0 aromatic heterocycles. The van der Waals surface area contributed by atoms with Crippen molar-refractivity contribution in [1.82, 2.24) is 20.4 Å². The number of ether oxygens (including phenoxy) is 1. The van der Waals surface area contributed by atoms with E-state index in [1.165, 1.54) is 18.4 Å². The van der Waals surface area contributed by atoms with E-state index in [2.05, 4.69) is 50.8 Å². The van der Waals surface area contributed by atoms with Gasteiger partial charge in [-0.2, -0.15) is 0 Å². The highest BCUT2D eigenvalue weighted by molar-refractivity contribution is 5.96. The minimum Gasteiger partial charge on any atom is -0.491 e. The van der Waals surface area contributed by atoms with Crippen molar-refractivity contribution < 1.29 is 14.3 Å². The lowest BCUT2D eigenvalue weighted by Gasteiger charge is -2.45. The first-order valence-corrected chi connectivity index (χ1v) is 14.4. The summed E-state index contributed by atoms with van der Waals surface area (Å²) in [5.41, 5.74) is 1.61. The maximum atomic E-state index is 13.5. The van der Waals surface area contributed by atoms with Crippen LogP contribution in [0.4, 0.5) is 0 Å². The van der Waals surface area contributed by atoms with Gasteiger partial charge >= 0.3 is 0 Å². The van der Waals surface area contributed by atoms with E-state index >= 15 is 0 Å². The fourth-order valence-electron chi connectivity index (χ4n) is 6.37. The van der Waals surface area contributed by atoms with Crippen molar-refractivity contribution >= 4 is 11.8 Å². The van der Waals surface area contributed by atoms with Gasteiger partial charge in [0.2, 0.25) is 5.91 Å². The van der Waals surface area contributed by atoms with Gasteiger partial charge in [-0.05, 0) is 82.4 Å². The van der Waals surface area contributed by atoms with E-state index in [4.69, 9.17) is 4.74 Å². The molecule has 2 aromatic rings. The summed E-state index contributed by atoms with van der Waals surface area (Å²) in [5.74, 6) is 0.640. The summed E-state index contributed by atoms with van der Waals surface area (Å²) in [6, 6.07) is 18.7. The largest absolute Gasteiger partial charge is 0.491 e. The lowest BCUT2D eigenvalue weighted by Crippen LogP contribution is -2.53. The Labute approximate surface area is 226 Å². The summed E-state index contributed by atoms with van der Waals surface area (Å²) in [7, 11) is 0. The molecule has 2 amide bonds. The smallest absolute Gasteiger partial charge is 0.255 e. The summed E-state index contributed by atoms with van der Waals surface area (Å²) < 4.78 is 5.88. The molecule has 0 atom stereocenters. The molecule has 2 N–H and O–H groups in total. The van der Waals surface area contributed by atoms with Gasteiger partial charge in [0.15, 0.2) is 0 Å². The van der Waals surface area contributed by atoms with Crippen molar-refractivity contribution in [2.75, 3.05) is 45.9 Å². The summed E-state index contributed by atoms with van der Waals surface area (Å²) in [5, 5.41) is 6.21. The van der Waals surface area contributed by atoms with Crippen molar-refractivity contribution in [3.63, 3.8) is 0 Å². The van der Waals surface area contributed by atoms with Crippen LogP contribution in [0.2, 0.25) is 0 Å². The first kappa shape index (κ1) is 26.7. The highest BCUT2D eigenvalue weighted by atomic mass is 16.5. The third-order valence-corrected chi connectivity index (χ3v) is 8.70. The van der Waals surface area contributed by atoms with Crippen LogP contribution < -0.4 is 15.4 Å². The lowest BCUT2D eigenvalue weighted by molar-refractivity contribution is -0.135. The molecule has 3 heterocycles. The van der Waals surface area contributed by atoms with Gasteiger partial charge in [-0.25, -0.2) is 0 Å². The number of carbonyl (C=O) groups excluding carboxylic acids is 2. The SMILES string of the molecule is O=C1NCCCCC2(CCN(C3CCN(Cc4ccccc4)CC3)CC2)C(=O)NCCOc2ccccc21. The number of amides is 2. The number of piperidine rings is 2. The minimum atomic E-state index is -0.323. The monoisotopic (exact) mass is 518 g/mol. The van der Waals surface area contributed by atoms with Gasteiger partial charge in [-0.3, -0.25) is 14.5 Å². The van der Waals surface area contributed by atoms with Crippen LogP contribution in [0.5, 0.6) is 5.75 Å². The van der Waals surface area contributed by atoms with Crippen LogP contribution in [0.3, 0.4) is 0 Å². The summed E-state index contributed by atoms with van der Waals surface area (Å²) in [6.45, 7) is 6.67. The number of nitrogens with one attached hydrogen (secondary N) is 2. The first-order valence-electron chi connectivity index (χ1n) is 14.4. The Hall–Kier alpha value is -2.90. The predicted octanol–water partition coefficient (Wildman–Crippen LogP) is 3.84. The van der Waals surface area contributed by atoms with Gasteiger partial charge in [-0.1, -0.05) is 48.9 Å². The van der Waals surface area contributed by atoms with Gasteiger partial charge in [0.05, 0.1) is 17.5 Å². The predicted molar refractivity (Wildman–Crippen MR) is 149 cm³/mol. The number of hydrogen-bond donors (Lipinski definition) is 2. The number of benzene rings is 2. The molecule has 0 saturated carbocycles. The number of nitrogens with zero attached hydrogens (tertiary/aromatic N) is 2. The Morgan fingerprint density at radius 1 is 0.816 bits per heavy atom. The number of carbonyl (C=O) groups is 2. The van der Waals surface area contributed by atoms with Crippen LogP contribution in [0, 0.1) is 5.41 Å². The molecule has 5 rings (SSSR count). The van der Waals surface area contributed by atoms with Crippen LogP contribution in [-0.4, -0.2) is 73.5 Å². The van der Waals surface area contributed by atoms with Crippen LogP contribution >= 0.6 is 0 Å². The molecule has 1 spiro atoms. The highest BCUT2D eigenvalue weighted by Crippen LogP contribution is 2.38. The molecule has 38 heavy (non-hydrogen) atoms. The average molecular weight is 519 g/mol. The third kappa shape index (κ3) is 6.56. The quantitative estimate of drug-likeness (QED) is 0.646. The highest BCUT2D eigenvalue weighted by Gasteiger charge is 2.42. The van der Waals surface area contributed by atoms with Gasteiger partial charge in [0.25, 0.3) is 5.91 Å². The number of hydrogen-bond acceptors (Lipinski definition) is 5. The lowest BCUT2D eigenvalue weighted by atomic mass is 9.73. The van der Waals surface area contributed by atoms with Crippen LogP contribution in [0.15, 0.2) is 54.6 Å². The van der Waals surface area contributed by atoms with E-state index in [-0.39, 0.29) is 17.2 Å². The molecule has 2 saturated heterocycles. The fraction of sp³-hybridized carbons (Fsp3) is 0.548. The Morgan fingerprint density at radius 2 is 1.55 bits per heavy atom. The minimum absolute atomic E-state index is 0.0977. The molecule has 2 aromatic carbocycles. The van der Waals surface area contributed by atoms with Gasteiger partial charge in [0.1, 0.15) is 12.4 Å². The van der Waals surface area contributed by atoms with Gasteiger partial charge in [-0.15, -0.1) is 0 Å². The molecular formula is C31H42N4O3. The van der Waals surface area contributed by atoms with E-state index in [1.807, 2.05) is 18.2 Å². The maximum absolute atomic E-state index is 13.5. The zero-order chi connectivity index (χ0) is 26.2. The van der Waals surface area contributed by atoms with E-state index in [9.17, 15) is 9.59 Å².